The Morgan fingerprint density at radius 2 is 2.31 bits per heavy atom. The van der Waals surface area contributed by atoms with Crippen LogP contribution in [0.3, 0.4) is 0 Å². The van der Waals surface area contributed by atoms with Crippen molar-refractivity contribution >= 4 is 15.9 Å². The SMILES string of the molecule is C[C@H](CCO)Cc1ccc(Br)cn1. The molecule has 0 unspecified atom stereocenters. The van der Waals surface area contributed by atoms with Gasteiger partial charge in [-0.25, -0.2) is 0 Å². The molecule has 1 heterocycles. The molecule has 0 aliphatic heterocycles. The maximum Gasteiger partial charge on any atom is 0.0433 e. The third-order valence-electron chi connectivity index (χ3n) is 1.97. The summed E-state index contributed by atoms with van der Waals surface area (Å²) >= 11 is 3.34. The van der Waals surface area contributed by atoms with Crippen LogP contribution in [0.4, 0.5) is 0 Å². The molecule has 0 amide bonds. The van der Waals surface area contributed by atoms with Crippen molar-refractivity contribution in [2.24, 2.45) is 5.92 Å². The maximum absolute atomic E-state index is 8.73. The molecule has 13 heavy (non-hydrogen) atoms. The molecule has 1 N–H and O–H groups in total. The van der Waals surface area contributed by atoms with Crippen LogP contribution in [-0.2, 0) is 6.42 Å². The van der Waals surface area contributed by atoms with Gasteiger partial charge in [-0.1, -0.05) is 6.92 Å². The fraction of sp³-hybridized carbons (Fsp3) is 0.500. The van der Waals surface area contributed by atoms with Crippen molar-refractivity contribution in [1.82, 2.24) is 4.98 Å². The lowest BCUT2D eigenvalue weighted by molar-refractivity contribution is 0.262. The van der Waals surface area contributed by atoms with Crippen molar-refractivity contribution < 1.29 is 5.11 Å². The van der Waals surface area contributed by atoms with Gasteiger partial charge in [0.2, 0.25) is 0 Å². The molecule has 0 saturated heterocycles. The minimum absolute atomic E-state index is 0.262. The molecule has 0 saturated carbocycles. The summed E-state index contributed by atoms with van der Waals surface area (Å²) in [4.78, 5) is 4.27. The number of halogens is 1. The average Bonchev–Trinajstić information content (AvgIpc) is 2.09. The molecule has 0 bridgehead atoms. The summed E-state index contributed by atoms with van der Waals surface area (Å²) in [5.41, 5.74) is 1.09. The number of rotatable bonds is 4. The van der Waals surface area contributed by atoms with Crippen molar-refractivity contribution in [3.05, 3.63) is 28.5 Å². The number of hydrogen-bond donors (Lipinski definition) is 1. The quantitative estimate of drug-likeness (QED) is 0.882. The molecular weight excluding hydrogens is 230 g/mol. The molecule has 1 rings (SSSR count). The monoisotopic (exact) mass is 243 g/mol. The maximum atomic E-state index is 8.73. The standard InChI is InChI=1S/C10H14BrNO/c1-8(4-5-13)6-10-3-2-9(11)7-12-10/h2-3,7-8,13H,4-6H2,1H3/t8-/m1/s1. The van der Waals surface area contributed by atoms with Gasteiger partial charge in [-0.3, -0.25) is 4.98 Å². The summed E-state index contributed by atoms with van der Waals surface area (Å²) in [5.74, 6) is 0.499. The first kappa shape index (κ1) is 10.7. The predicted molar refractivity (Wildman–Crippen MR) is 56.5 cm³/mol. The Kier molecular flexibility index (Phi) is 4.39. The molecule has 72 valence electrons. The molecule has 0 fully saturated rings. The van der Waals surface area contributed by atoms with Crippen LogP contribution in [0.5, 0.6) is 0 Å². The van der Waals surface area contributed by atoms with Crippen LogP contribution in [0.2, 0.25) is 0 Å². The van der Waals surface area contributed by atoms with Gasteiger partial charge in [0.1, 0.15) is 0 Å². The van der Waals surface area contributed by atoms with Crippen LogP contribution in [0.1, 0.15) is 19.0 Å². The minimum Gasteiger partial charge on any atom is -0.396 e. The molecule has 2 nitrogen and oxygen atoms in total. The molecule has 1 aromatic heterocycles. The van der Waals surface area contributed by atoms with Crippen LogP contribution in [0.25, 0.3) is 0 Å². The van der Waals surface area contributed by atoms with E-state index in [0.717, 1.165) is 23.0 Å². The van der Waals surface area contributed by atoms with E-state index in [2.05, 4.69) is 27.8 Å². The average molecular weight is 244 g/mol. The molecule has 0 radical (unpaired) electrons. The first-order chi connectivity index (χ1) is 6.22. The van der Waals surface area contributed by atoms with Gasteiger partial charge in [-0.15, -0.1) is 0 Å². The lowest BCUT2D eigenvalue weighted by Crippen LogP contribution is -2.03. The molecule has 1 aromatic rings. The fourth-order valence-electron chi connectivity index (χ4n) is 1.21. The number of aliphatic hydroxyl groups is 1. The third-order valence-corrected chi connectivity index (χ3v) is 2.44. The van der Waals surface area contributed by atoms with Gasteiger partial charge in [0.25, 0.3) is 0 Å². The van der Waals surface area contributed by atoms with Crippen molar-refractivity contribution in [2.75, 3.05) is 6.61 Å². The zero-order valence-corrected chi connectivity index (χ0v) is 9.29. The molecular formula is C10H14BrNO. The van der Waals surface area contributed by atoms with E-state index in [1.54, 1.807) is 6.20 Å². The highest BCUT2D eigenvalue weighted by Gasteiger charge is 2.03. The third kappa shape index (κ3) is 3.87. The Morgan fingerprint density at radius 3 is 2.85 bits per heavy atom. The fourth-order valence-corrected chi connectivity index (χ4v) is 1.44. The molecule has 1 atom stereocenters. The second-order valence-corrected chi connectivity index (χ2v) is 4.21. The van der Waals surface area contributed by atoms with Crippen LogP contribution in [-0.4, -0.2) is 16.7 Å². The summed E-state index contributed by atoms with van der Waals surface area (Å²) in [6, 6.07) is 4.01. The van der Waals surface area contributed by atoms with E-state index >= 15 is 0 Å². The van der Waals surface area contributed by atoms with Gasteiger partial charge in [0, 0.05) is 23.0 Å². The number of aliphatic hydroxyl groups excluding tert-OH is 1. The van der Waals surface area contributed by atoms with Crippen molar-refractivity contribution in [2.45, 2.75) is 19.8 Å². The highest BCUT2D eigenvalue weighted by molar-refractivity contribution is 9.10. The number of hydrogen-bond acceptors (Lipinski definition) is 2. The number of aromatic nitrogens is 1. The molecule has 3 heteroatoms. The van der Waals surface area contributed by atoms with Crippen LogP contribution >= 0.6 is 15.9 Å². The summed E-state index contributed by atoms with van der Waals surface area (Å²) in [5, 5.41) is 8.73. The zero-order chi connectivity index (χ0) is 9.68. The molecule has 0 aromatic carbocycles. The summed E-state index contributed by atoms with van der Waals surface area (Å²) in [7, 11) is 0. The number of nitrogens with zero attached hydrogens (tertiary/aromatic N) is 1. The van der Waals surface area contributed by atoms with Gasteiger partial charge >= 0.3 is 0 Å². The van der Waals surface area contributed by atoms with Gasteiger partial charge in [-0.05, 0) is 46.8 Å². The van der Waals surface area contributed by atoms with E-state index in [9.17, 15) is 0 Å². The van der Waals surface area contributed by atoms with E-state index < -0.39 is 0 Å². The highest BCUT2D eigenvalue weighted by Crippen LogP contribution is 2.12. The Labute approximate surface area is 87.1 Å². The van der Waals surface area contributed by atoms with Crippen molar-refractivity contribution in [3.63, 3.8) is 0 Å². The largest absolute Gasteiger partial charge is 0.396 e. The van der Waals surface area contributed by atoms with Gasteiger partial charge in [0.05, 0.1) is 0 Å². The Bertz CT molecular complexity index is 248. The molecule has 0 aliphatic carbocycles. The van der Waals surface area contributed by atoms with Gasteiger partial charge in [-0.2, -0.15) is 0 Å². The number of pyridine rings is 1. The summed E-state index contributed by atoms with van der Waals surface area (Å²) < 4.78 is 1.01. The lowest BCUT2D eigenvalue weighted by atomic mass is 10.0. The topological polar surface area (TPSA) is 33.1 Å². The summed E-state index contributed by atoms with van der Waals surface area (Å²) in [6.45, 7) is 2.39. The van der Waals surface area contributed by atoms with Crippen LogP contribution < -0.4 is 0 Å². The van der Waals surface area contributed by atoms with E-state index in [0.29, 0.717) is 5.92 Å². The summed E-state index contributed by atoms with van der Waals surface area (Å²) in [6.07, 6.45) is 3.59. The first-order valence-electron chi connectivity index (χ1n) is 4.43. The smallest absolute Gasteiger partial charge is 0.0433 e. The lowest BCUT2D eigenvalue weighted by Gasteiger charge is -2.08. The van der Waals surface area contributed by atoms with Crippen molar-refractivity contribution in [3.8, 4) is 0 Å². The first-order valence-corrected chi connectivity index (χ1v) is 5.23. The van der Waals surface area contributed by atoms with E-state index in [1.807, 2.05) is 12.1 Å². The Balaban J connectivity index is 2.49. The second kappa shape index (κ2) is 5.35. The van der Waals surface area contributed by atoms with Crippen LogP contribution in [0.15, 0.2) is 22.8 Å². The van der Waals surface area contributed by atoms with Crippen LogP contribution in [0, 0.1) is 5.92 Å². The zero-order valence-electron chi connectivity index (χ0n) is 7.70. The highest BCUT2D eigenvalue weighted by atomic mass is 79.9. The van der Waals surface area contributed by atoms with Crippen molar-refractivity contribution in [1.29, 1.82) is 0 Å². The molecule has 0 aliphatic rings. The van der Waals surface area contributed by atoms with Gasteiger partial charge < -0.3 is 5.11 Å². The van der Waals surface area contributed by atoms with E-state index in [-0.39, 0.29) is 6.61 Å². The minimum atomic E-state index is 0.262. The normalized spacial score (nSPS) is 12.8. The molecule has 0 spiro atoms. The van der Waals surface area contributed by atoms with E-state index in [4.69, 9.17) is 5.11 Å². The van der Waals surface area contributed by atoms with E-state index in [1.165, 1.54) is 0 Å². The second-order valence-electron chi connectivity index (χ2n) is 3.29. The van der Waals surface area contributed by atoms with Gasteiger partial charge in [0.15, 0.2) is 0 Å². The Morgan fingerprint density at radius 1 is 1.54 bits per heavy atom. The Hall–Kier alpha value is -0.410. The predicted octanol–water partition coefficient (Wildman–Crippen LogP) is 2.41.